The van der Waals surface area contributed by atoms with Crippen LogP contribution in [-0.4, -0.2) is 68.8 Å². The fourth-order valence-corrected chi connectivity index (χ4v) is 4.99. The molecule has 0 fully saturated rings. The minimum absolute atomic E-state index is 0.0273. The van der Waals surface area contributed by atoms with E-state index in [0.717, 1.165) is 51.5 Å². The van der Waals surface area contributed by atoms with Crippen molar-refractivity contribution in [3.63, 3.8) is 0 Å². The van der Waals surface area contributed by atoms with Gasteiger partial charge in [-0.25, -0.2) is 12.7 Å². The third-order valence-electron chi connectivity index (χ3n) is 5.36. The summed E-state index contributed by atoms with van der Waals surface area (Å²) in [7, 11) is -2.42. The van der Waals surface area contributed by atoms with E-state index in [1.807, 2.05) is 26.0 Å². The molecule has 0 rings (SSSR count). The van der Waals surface area contributed by atoms with E-state index in [2.05, 4.69) is 51.0 Å². The first kappa shape index (κ1) is 35.7. The lowest BCUT2D eigenvalue weighted by Gasteiger charge is -2.21. The summed E-state index contributed by atoms with van der Waals surface area (Å²) in [4.78, 5) is 12.6. The van der Waals surface area contributed by atoms with E-state index < -0.39 is 10.0 Å². The van der Waals surface area contributed by atoms with Gasteiger partial charge in [0.15, 0.2) is 0 Å². The first-order valence-corrected chi connectivity index (χ1v) is 14.6. The summed E-state index contributed by atoms with van der Waals surface area (Å²) in [6, 6.07) is -0.0858. The number of nitrogens with one attached hydrogen (secondary N) is 2. The lowest BCUT2D eigenvalue weighted by molar-refractivity contribution is -0.121. The Morgan fingerprint density at radius 3 is 2.26 bits per heavy atom. The number of hydrogen-bond donors (Lipinski definition) is 3. The van der Waals surface area contributed by atoms with Crippen molar-refractivity contribution in [2.45, 2.75) is 86.1 Å². The van der Waals surface area contributed by atoms with Crippen molar-refractivity contribution in [2.75, 3.05) is 39.0 Å². The second-order valence-electron chi connectivity index (χ2n) is 9.10. The van der Waals surface area contributed by atoms with Gasteiger partial charge in [-0.05, 0) is 58.0 Å². The van der Waals surface area contributed by atoms with E-state index in [1.54, 1.807) is 0 Å². The smallest absolute Gasteiger partial charge is 0.221 e. The molecule has 206 valence electrons. The van der Waals surface area contributed by atoms with Gasteiger partial charge >= 0.3 is 0 Å². The van der Waals surface area contributed by atoms with E-state index in [0.29, 0.717) is 25.4 Å². The van der Waals surface area contributed by atoms with Gasteiger partial charge in [0.05, 0.1) is 5.75 Å². The lowest BCUT2D eigenvalue weighted by Crippen LogP contribution is -2.40. The fraction of sp³-hybridized carbons (Fsp3) is 0.741. The maximum Gasteiger partial charge on any atom is 0.221 e. The van der Waals surface area contributed by atoms with E-state index >= 15 is 0 Å². The van der Waals surface area contributed by atoms with Gasteiger partial charge < -0.3 is 15.7 Å². The summed E-state index contributed by atoms with van der Waals surface area (Å²) in [5, 5.41) is 13.5. The van der Waals surface area contributed by atoms with Crippen LogP contribution >= 0.6 is 0 Å². The number of amides is 1. The Hall–Kier alpha value is -1.48. The number of rotatable bonds is 19. The van der Waals surface area contributed by atoms with Crippen LogP contribution in [0.2, 0.25) is 0 Å². The summed E-state index contributed by atoms with van der Waals surface area (Å²) >= 11 is 0. The molecule has 0 aromatic rings. The number of hydrogen-bond acceptors (Lipinski definition) is 5. The van der Waals surface area contributed by atoms with Crippen LogP contribution in [0.4, 0.5) is 0 Å². The van der Waals surface area contributed by atoms with Gasteiger partial charge in [-0.3, -0.25) is 4.79 Å². The van der Waals surface area contributed by atoms with Crippen LogP contribution in [0.3, 0.4) is 0 Å². The van der Waals surface area contributed by atoms with Crippen molar-refractivity contribution < 1.29 is 18.3 Å². The highest BCUT2D eigenvalue weighted by Crippen LogP contribution is 2.11. The molecule has 1 unspecified atom stereocenters. The highest BCUT2D eigenvalue weighted by atomic mass is 32.2. The van der Waals surface area contributed by atoms with E-state index in [9.17, 15) is 13.2 Å². The molecule has 0 aromatic heterocycles. The second kappa shape index (κ2) is 21.8. The molecule has 0 radical (unpaired) electrons. The average molecular weight is 516 g/mol. The summed E-state index contributed by atoms with van der Waals surface area (Å²) in [6.45, 7) is 19.1. The molecule has 1 atom stereocenters. The molecule has 0 aliphatic rings. The molecule has 8 heteroatoms. The van der Waals surface area contributed by atoms with Crippen molar-refractivity contribution >= 4 is 15.9 Å². The maximum atomic E-state index is 12.6. The Morgan fingerprint density at radius 1 is 1.09 bits per heavy atom. The largest absolute Gasteiger partial charge is 0.400 e. The molecule has 0 spiro atoms. The monoisotopic (exact) mass is 515 g/mol. The number of carbonyl (C=O) groups excluding carboxylic acids is 1. The topological polar surface area (TPSA) is 98.7 Å². The molecule has 35 heavy (non-hydrogen) atoms. The zero-order valence-electron chi connectivity index (χ0n) is 23.4. The normalized spacial score (nSPS) is 13.1. The number of sulfonamides is 1. The second-order valence-corrected chi connectivity index (χ2v) is 11.2. The molecule has 0 heterocycles. The predicted octanol–water partition coefficient (Wildman–Crippen LogP) is 4.42. The summed E-state index contributed by atoms with van der Waals surface area (Å²) in [6.07, 6.45) is 10.4. The number of nitrogens with zero attached hydrogens (tertiary/aromatic N) is 1. The molecule has 1 amide bonds. The third kappa shape index (κ3) is 19.4. The van der Waals surface area contributed by atoms with Crippen LogP contribution in [-0.2, 0) is 14.8 Å². The Bertz CT molecular complexity index is 731. The molecule has 3 N–H and O–H groups in total. The van der Waals surface area contributed by atoms with Crippen molar-refractivity contribution in [1.29, 1.82) is 0 Å². The van der Waals surface area contributed by atoms with Crippen LogP contribution < -0.4 is 10.6 Å². The SMILES string of the molecule is C=C(/C=C\C(C)=C/CC)CC(CCNCCC(C)C)NC(=O)CCS(=O)(=O)N(CC)CCC.CO. The first-order valence-electron chi connectivity index (χ1n) is 13.0. The van der Waals surface area contributed by atoms with Crippen LogP contribution in [0, 0.1) is 5.92 Å². The standard InChI is InChI=1S/C26H49N3O3S.CH4O/c1-8-11-23(6)12-13-24(7)21-25(15-18-27-17-14-22(4)5)28-26(30)16-20-33(31,32)29(10-3)19-9-2;1-2/h11-13,22,25,27H,7-10,14-21H2,1-6H3,(H,28,30);2H,1H3/b13-12-,23-11-;. The minimum atomic E-state index is -3.42. The summed E-state index contributed by atoms with van der Waals surface area (Å²) in [5.74, 6) is 0.264. The molecule has 0 aromatic carbocycles. The number of aliphatic hydroxyl groups excluding tert-OH is 1. The van der Waals surface area contributed by atoms with E-state index in [1.165, 1.54) is 9.88 Å². The molecule has 0 aliphatic carbocycles. The molecular formula is C27H53N3O4S. The van der Waals surface area contributed by atoms with Crippen molar-refractivity contribution in [3.8, 4) is 0 Å². The van der Waals surface area contributed by atoms with Gasteiger partial charge in [-0.2, -0.15) is 0 Å². The van der Waals surface area contributed by atoms with Gasteiger partial charge in [0, 0.05) is 32.7 Å². The molecule has 7 nitrogen and oxygen atoms in total. The van der Waals surface area contributed by atoms with Crippen molar-refractivity contribution in [2.24, 2.45) is 5.92 Å². The Kier molecular flexibility index (Phi) is 22.2. The molecule has 0 bridgehead atoms. The minimum Gasteiger partial charge on any atom is -0.400 e. The van der Waals surface area contributed by atoms with Crippen LogP contribution in [0.5, 0.6) is 0 Å². The van der Waals surface area contributed by atoms with Crippen molar-refractivity contribution in [1.82, 2.24) is 14.9 Å². The first-order chi connectivity index (χ1) is 16.5. The Labute approximate surface area is 216 Å². The zero-order valence-corrected chi connectivity index (χ0v) is 24.2. The summed E-state index contributed by atoms with van der Waals surface area (Å²) in [5.41, 5.74) is 2.13. The fourth-order valence-electron chi connectivity index (χ4n) is 3.44. The quantitative estimate of drug-likeness (QED) is 0.175. The van der Waals surface area contributed by atoms with E-state index in [-0.39, 0.29) is 24.1 Å². The van der Waals surface area contributed by atoms with Crippen LogP contribution in [0.25, 0.3) is 0 Å². The predicted molar refractivity (Wildman–Crippen MR) is 150 cm³/mol. The summed E-state index contributed by atoms with van der Waals surface area (Å²) < 4.78 is 26.5. The lowest BCUT2D eigenvalue weighted by atomic mass is 10.0. The third-order valence-corrected chi connectivity index (χ3v) is 7.30. The van der Waals surface area contributed by atoms with Crippen LogP contribution in [0.1, 0.15) is 80.1 Å². The number of aliphatic hydroxyl groups is 1. The van der Waals surface area contributed by atoms with E-state index in [4.69, 9.17) is 5.11 Å². The highest BCUT2D eigenvalue weighted by molar-refractivity contribution is 7.89. The van der Waals surface area contributed by atoms with Gasteiger partial charge in [-0.15, -0.1) is 0 Å². The number of carbonyl (C=O) groups is 1. The Morgan fingerprint density at radius 2 is 1.71 bits per heavy atom. The molecule has 0 saturated carbocycles. The van der Waals surface area contributed by atoms with Gasteiger partial charge in [-0.1, -0.05) is 70.6 Å². The molecular weight excluding hydrogens is 462 g/mol. The average Bonchev–Trinajstić information content (AvgIpc) is 2.80. The Balaban J connectivity index is 0. The highest BCUT2D eigenvalue weighted by Gasteiger charge is 2.22. The van der Waals surface area contributed by atoms with Gasteiger partial charge in [0.2, 0.25) is 15.9 Å². The zero-order chi connectivity index (χ0) is 27.3. The maximum absolute atomic E-state index is 12.6. The molecule has 0 aliphatic heterocycles. The van der Waals surface area contributed by atoms with Gasteiger partial charge in [0.1, 0.15) is 0 Å². The van der Waals surface area contributed by atoms with Crippen molar-refractivity contribution in [3.05, 3.63) is 36.0 Å². The number of allylic oxidation sites excluding steroid dienone is 4. The molecule has 0 saturated heterocycles. The van der Waals surface area contributed by atoms with Gasteiger partial charge in [0.25, 0.3) is 0 Å². The van der Waals surface area contributed by atoms with Crippen LogP contribution in [0.15, 0.2) is 36.0 Å².